The van der Waals surface area contributed by atoms with E-state index < -0.39 is 5.82 Å². The Kier molecular flexibility index (Phi) is 4.28. The van der Waals surface area contributed by atoms with Crippen LogP contribution >= 0.6 is 11.6 Å². The summed E-state index contributed by atoms with van der Waals surface area (Å²) >= 11 is 5.61. The second kappa shape index (κ2) is 5.26. The Bertz CT molecular complexity index is 363. The van der Waals surface area contributed by atoms with Crippen molar-refractivity contribution in [3.05, 3.63) is 34.6 Å². The normalized spacial score (nSPS) is 12.5. The van der Waals surface area contributed by atoms with Crippen LogP contribution in [0.5, 0.6) is 0 Å². The van der Waals surface area contributed by atoms with Crippen LogP contribution < -0.4 is 0 Å². The lowest BCUT2D eigenvalue weighted by Crippen LogP contribution is -2.12. The van der Waals surface area contributed by atoms with Crippen molar-refractivity contribution in [1.82, 2.24) is 0 Å². The molecular weight excluding hydrogens is 215 g/mol. The lowest BCUT2D eigenvalue weighted by Gasteiger charge is -2.09. The van der Waals surface area contributed by atoms with Gasteiger partial charge in [0.1, 0.15) is 0 Å². The molecule has 0 aliphatic rings. The highest BCUT2D eigenvalue weighted by Crippen LogP contribution is 2.21. The van der Waals surface area contributed by atoms with Gasteiger partial charge in [-0.05, 0) is 18.6 Å². The second-order valence-electron chi connectivity index (χ2n) is 3.66. The second-order valence-corrected chi connectivity index (χ2v) is 4.06. The van der Waals surface area contributed by atoms with E-state index in [2.05, 4.69) is 0 Å². The number of carbonyl (C=O) groups is 1. The molecule has 1 rings (SSSR count). The largest absolute Gasteiger partial charge is 0.294 e. The number of carbonyl (C=O) groups excluding carboxylic acids is 1. The predicted octanol–water partition coefficient (Wildman–Crippen LogP) is 4.10. The SMILES string of the molecule is CCCC(C)C(=O)c1cccc(Cl)c1F. The lowest BCUT2D eigenvalue weighted by molar-refractivity contribution is 0.0919. The Balaban J connectivity index is 2.96. The minimum absolute atomic E-state index is 0.00421. The molecule has 1 unspecified atom stereocenters. The van der Waals surface area contributed by atoms with Gasteiger partial charge in [0.25, 0.3) is 0 Å². The summed E-state index contributed by atoms with van der Waals surface area (Å²) in [6.45, 7) is 3.81. The fourth-order valence-electron chi connectivity index (χ4n) is 1.52. The van der Waals surface area contributed by atoms with Crippen molar-refractivity contribution >= 4 is 17.4 Å². The van der Waals surface area contributed by atoms with Gasteiger partial charge >= 0.3 is 0 Å². The Labute approximate surface area is 94.3 Å². The quantitative estimate of drug-likeness (QED) is 0.710. The van der Waals surface area contributed by atoms with E-state index >= 15 is 0 Å². The van der Waals surface area contributed by atoms with E-state index in [1.807, 2.05) is 13.8 Å². The van der Waals surface area contributed by atoms with Gasteiger partial charge in [-0.2, -0.15) is 0 Å². The van der Waals surface area contributed by atoms with E-state index in [1.54, 1.807) is 6.07 Å². The number of Topliss-reactive ketones (excluding diaryl/α,β-unsaturated/α-hetero) is 1. The summed E-state index contributed by atoms with van der Waals surface area (Å²) in [7, 11) is 0. The molecule has 0 fully saturated rings. The highest BCUT2D eigenvalue weighted by molar-refractivity contribution is 6.31. The Morgan fingerprint density at radius 1 is 1.53 bits per heavy atom. The Hall–Kier alpha value is -0.890. The lowest BCUT2D eigenvalue weighted by atomic mass is 9.95. The van der Waals surface area contributed by atoms with E-state index in [-0.39, 0.29) is 22.3 Å². The van der Waals surface area contributed by atoms with Crippen LogP contribution in [0.4, 0.5) is 4.39 Å². The molecule has 0 radical (unpaired) electrons. The number of hydrogen-bond acceptors (Lipinski definition) is 1. The maximum atomic E-state index is 13.5. The van der Waals surface area contributed by atoms with Crippen LogP contribution in [0.25, 0.3) is 0 Å². The molecule has 82 valence electrons. The molecule has 0 aliphatic carbocycles. The molecule has 0 aliphatic heterocycles. The van der Waals surface area contributed by atoms with Gasteiger partial charge < -0.3 is 0 Å². The average Bonchev–Trinajstić information content (AvgIpc) is 2.21. The first-order valence-corrected chi connectivity index (χ1v) is 5.44. The standard InChI is InChI=1S/C12H14ClFO/c1-3-5-8(2)12(15)9-6-4-7-10(13)11(9)14/h4,6-8H,3,5H2,1-2H3. The predicted molar refractivity (Wildman–Crippen MR) is 59.8 cm³/mol. The highest BCUT2D eigenvalue weighted by atomic mass is 35.5. The van der Waals surface area contributed by atoms with Gasteiger partial charge in [0, 0.05) is 5.92 Å². The first-order chi connectivity index (χ1) is 7.07. The maximum Gasteiger partial charge on any atom is 0.168 e. The van der Waals surface area contributed by atoms with Gasteiger partial charge in [-0.15, -0.1) is 0 Å². The molecular formula is C12H14ClFO. The molecule has 0 spiro atoms. The van der Waals surface area contributed by atoms with Crippen LogP contribution in [0.1, 0.15) is 37.0 Å². The molecule has 3 heteroatoms. The first kappa shape index (κ1) is 12.2. The van der Waals surface area contributed by atoms with Crippen molar-refractivity contribution in [2.24, 2.45) is 5.92 Å². The van der Waals surface area contributed by atoms with Crippen LogP contribution in [-0.2, 0) is 0 Å². The topological polar surface area (TPSA) is 17.1 Å². The van der Waals surface area contributed by atoms with E-state index in [4.69, 9.17) is 11.6 Å². The van der Waals surface area contributed by atoms with E-state index in [0.717, 1.165) is 12.8 Å². The number of halogens is 2. The van der Waals surface area contributed by atoms with Crippen molar-refractivity contribution in [3.63, 3.8) is 0 Å². The molecule has 0 N–H and O–H groups in total. The molecule has 0 saturated heterocycles. The number of hydrogen-bond donors (Lipinski definition) is 0. The monoisotopic (exact) mass is 228 g/mol. The van der Waals surface area contributed by atoms with Crippen molar-refractivity contribution in [2.75, 3.05) is 0 Å². The first-order valence-electron chi connectivity index (χ1n) is 5.06. The third-order valence-electron chi connectivity index (χ3n) is 2.39. The molecule has 1 nitrogen and oxygen atoms in total. The van der Waals surface area contributed by atoms with Gasteiger partial charge in [0.2, 0.25) is 0 Å². The molecule has 0 amide bonds. The molecule has 0 saturated carbocycles. The fourth-order valence-corrected chi connectivity index (χ4v) is 1.70. The summed E-state index contributed by atoms with van der Waals surface area (Å²) in [5.41, 5.74) is 0.100. The zero-order valence-electron chi connectivity index (χ0n) is 8.89. The summed E-state index contributed by atoms with van der Waals surface area (Å²) in [4.78, 5) is 11.8. The van der Waals surface area contributed by atoms with Crippen LogP contribution in [0.2, 0.25) is 5.02 Å². The fraction of sp³-hybridized carbons (Fsp3) is 0.417. The molecule has 1 aromatic rings. The van der Waals surface area contributed by atoms with Crippen LogP contribution in [-0.4, -0.2) is 5.78 Å². The summed E-state index contributed by atoms with van der Waals surface area (Å²) in [5.74, 6) is -0.924. The summed E-state index contributed by atoms with van der Waals surface area (Å²) < 4.78 is 13.5. The van der Waals surface area contributed by atoms with Crippen LogP contribution in [0.15, 0.2) is 18.2 Å². The van der Waals surface area contributed by atoms with Crippen molar-refractivity contribution in [2.45, 2.75) is 26.7 Å². The summed E-state index contributed by atoms with van der Waals surface area (Å²) in [5, 5.41) is 0.00421. The van der Waals surface area contributed by atoms with Gasteiger partial charge in [-0.3, -0.25) is 4.79 Å². The third kappa shape index (κ3) is 2.78. The minimum atomic E-state index is -0.605. The zero-order chi connectivity index (χ0) is 11.4. The number of rotatable bonds is 4. The van der Waals surface area contributed by atoms with Gasteiger partial charge in [-0.25, -0.2) is 4.39 Å². The molecule has 0 bridgehead atoms. The molecule has 15 heavy (non-hydrogen) atoms. The molecule has 0 heterocycles. The third-order valence-corrected chi connectivity index (χ3v) is 2.68. The summed E-state index contributed by atoms with van der Waals surface area (Å²) in [6.07, 6.45) is 1.68. The Morgan fingerprint density at radius 3 is 2.80 bits per heavy atom. The molecule has 0 aromatic heterocycles. The smallest absolute Gasteiger partial charge is 0.168 e. The van der Waals surface area contributed by atoms with Gasteiger partial charge in [0.15, 0.2) is 11.6 Å². The zero-order valence-corrected chi connectivity index (χ0v) is 9.64. The van der Waals surface area contributed by atoms with Crippen molar-refractivity contribution in [1.29, 1.82) is 0 Å². The van der Waals surface area contributed by atoms with Gasteiger partial charge in [0.05, 0.1) is 10.6 Å². The van der Waals surface area contributed by atoms with E-state index in [1.165, 1.54) is 12.1 Å². The molecule has 1 aromatic carbocycles. The van der Waals surface area contributed by atoms with E-state index in [0.29, 0.717) is 0 Å². The van der Waals surface area contributed by atoms with Crippen LogP contribution in [0.3, 0.4) is 0 Å². The number of benzene rings is 1. The number of ketones is 1. The van der Waals surface area contributed by atoms with Crippen LogP contribution in [0, 0.1) is 11.7 Å². The molecule has 1 atom stereocenters. The average molecular weight is 229 g/mol. The minimum Gasteiger partial charge on any atom is -0.294 e. The van der Waals surface area contributed by atoms with Gasteiger partial charge in [-0.1, -0.05) is 37.9 Å². The summed E-state index contributed by atoms with van der Waals surface area (Å²) in [6, 6.07) is 4.52. The Morgan fingerprint density at radius 2 is 2.20 bits per heavy atom. The highest BCUT2D eigenvalue weighted by Gasteiger charge is 2.19. The van der Waals surface area contributed by atoms with Crippen molar-refractivity contribution < 1.29 is 9.18 Å². The maximum absolute atomic E-state index is 13.5. The van der Waals surface area contributed by atoms with E-state index in [9.17, 15) is 9.18 Å². The van der Waals surface area contributed by atoms with Crippen molar-refractivity contribution in [3.8, 4) is 0 Å².